The summed E-state index contributed by atoms with van der Waals surface area (Å²) in [6, 6.07) is 8.70. The van der Waals surface area contributed by atoms with E-state index in [0.717, 1.165) is 0 Å². The van der Waals surface area contributed by atoms with Crippen molar-refractivity contribution in [3.8, 4) is 11.9 Å². The topological polar surface area (TPSA) is 137 Å². The van der Waals surface area contributed by atoms with Gasteiger partial charge in [-0.25, -0.2) is 0 Å². The van der Waals surface area contributed by atoms with Gasteiger partial charge in [0, 0.05) is 11.3 Å². The molecule has 1 spiro atoms. The molecule has 118 valence electrons. The molecule has 1 amide bonds. The quantitative estimate of drug-likeness (QED) is 0.523. The summed E-state index contributed by atoms with van der Waals surface area (Å²) in [7, 11) is 0. The molecule has 0 bridgehead atoms. The molecule has 0 aliphatic carbocycles. The van der Waals surface area contributed by atoms with Gasteiger partial charge in [-0.3, -0.25) is 14.6 Å². The number of carbonyl (C=O) groups excluding carboxylic acids is 1. The highest BCUT2D eigenvalue weighted by molar-refractivity contribution is 7.71. The number of aromatic nitrogens is 2. The summed E-state index contributed by atoms with van der Waals surface area (Å²) >= 11 is 4.94. The van der Waals surface area contributed by atoms with Crippen molar-refractivity contribution < 1.29 is 9.53 Å². The Morgan fingerprint density at radius 2 is 2.00 bits per heavy atom. The minimum Gasteiger partial charge on any atom is -0.424 e. The second-order valence-electron chi connectivity index (χ2n) is 5.32. The van der Waals surface area contributed by atoms with Crippen LogP contribution in [0.4, 0.5) is 5.69 Å². The molecule has 5 N–H and O–H groups in total. The zero-order valence-corrected chi connectivity index (χ0v) is 12.8. The van der Waals surface area contributed by atoms with Gasteiger partial charge in [-0.1, -0.05) is 18.2 Å². The number of nitrogens with zero attached hydrogens (tertiary/aromatic N) is 1. The lowest BCUT2D eigenvalue weighted by molar-refractivity contribution is -0.118. The maximum atomic E-state index is 12.9. The first-order valence-corrected chi connectivity index (χ1v) is 7.27. The molecule has 24 heavy (non-hydrogen) atoms. The lowest BCUT2D eigenvalue weighted by Crippen LogP contribution is -2.46. The van der Waals surface area contributed by atoms with E-state index in [1.165, 1.54) is 0 Å². The van der Waals surface area contributed by atoms with E-state index in [9.17, 15) is 14.9 Å². The van der Waals surface area contributed by atoms with Gasteiger partial charge >= 0.3 is 0 Å². The van der Waals surface area contributed by atoms with Crippen LogP contribution in [0.5, 0.6) is 5.88 Å². The fourth-order valence-corrected chi connectivity index (χ4v) is 3.43. The summed E-state index contributed by atoms with van der Waals surface area (Å²) in [4.78, 5) is 30.6. The standard InChI is InChI=1S/C15H9N5O3S/c16-5-7-10(17)23-12-9(11(21)19-14(24)20-12)15(7)6-3-1-2-4-8(6)18-13(15)22/h1-4H,17H2,(H,18,22)(H2,19,20,21,24)/t15-/m1/s1. The number of carbonyl (C=O) groups is 1. The van der Waals surface area contributed by atoms with Gasteiger partial charge in [-0.05, 0) is 18.3 Å². The van der Waals surface area contributed by atoms with Gasteiger partial charge in [0.05, 0.1) is 0 Å². The van der Waals surface area contributed by atoms with Crippen LogP contribution in [0.25, 0.3) is 0 Å². The number of para-hydroxylation sites is 1. The van der Waals surface area contributed by atoms with Crippen LogP contribution >= 0.6 is 12.2 Å². The zero-order chi connectivity index (χ0) is 17.1. The molecule has 0 saturated carbocycles. The number of amides is 1. The zero-order valence-electron chi connectivity index (χ0n) is 12.0. The van der Waals surface area contributed by atoms with Crippen molar-refractivity contribution in [2.45, 2.75) is 5.41 Å². The van der Waals surface area contributed by atoms with Crippen molar-refractivity contribution >= 4 is 23.8 Å². The molecule has 8 nitrogen and oxygen atoms in total. The Labute approximate surface area is 139 Å². The second kappa shape index (κ2) is 4.56. The summed E-state index contributed by atoms with van der Waals surface area (Å²) in [5.74, 6) is -0.857. The van der Waals surface area contributed by atoms with Gasteiger partial charge in [-0.15, -0.1) is 0 Å². The maximum absolute atomic E-state index is 12.9. The van der Waals surface area contributed by atoms with Crippen LogP contribution in [-0.2, 0) is 10.2 Å². The molecular formula is C15H9N5O3S. The number of benzene rings is 1. The Morgan fingerprint density at radius 3 is 2.75 bits per heavy atom. The maximum Gasteiger partial charge on any atom is 0.260 e. The van der Waals surface area contributed by atoms with Crippen molar-refractivity contribution in [2.24, 2.45) is 5.73 Å². The number of anilines is 1. The molecule has 2 aromatic rings. The third-order valence-corrected chi connectivity index (χ3v) is 4.35. The number of aromatic amines is 2. The van der Waals surface area contributed by atoms with E-state index in [4.69, 9.17) is 22.7 Å². The fourth-order valence-electron chi connectivity index (χ4n) is 3.25. The lowest BCUT2D eigenvalue weighted by Gasteiger charge is -2.32. The SMILES string of the molecule is N#CC1=C(N)Oc2[nH]c(=S)[nH]c(=O)c2[C@]12C(=O)Nc1ccccc12. The molecule has 1 atom stereocenters. The molecule has 2 aliphatic heterocycles. The molecule has 2 aliphatic rings. The van der Waals surface area contributed by atoms with E-state index in [2.05, 4.69) is 15.3 Å². The number of hydrogen-bond donors (Lipinski definition) is 4. The predicted octanol–water partition coefficient (Wildman–Crippen LogP) is 0.757. The monoisotopic (exact) mass is 339 g/mol. The van der Waals surface area contributed by atoms with Crippen LogP contribution in [0, 0.1) is 16.1 Å². The molecule has 3 heterocycles. The van der Waals surface area contributed by atoms with Gasteiger partial charge in [0.15, 0.2) is 10.2 Å². The van der Waals surface area contributed by atoms with Crippen molar-refractivity contribution in [3.05, 3.63) is 62.0 Å². The minimum absolute atomic E-state index is 0.0220. The van der Waals surface area contributed by atoms with Crippen LogP contribution < -0.4 is 21.3 Å². The summed E-state index contributed by atoms with van der Waals surface area (Å²) in [5, 5.41) is 12.3. The Kier molecular flexibility index (Phi) is 2.70. The third-order valence-electron chi connectivity index (χ3n) is 4.15. The average molecular weight is 339 g/mol. The summed E-state index contributed by atoms with van der Waals surface area (Å²) in [6.45, 7) is 0. The molecule has 0 radical (unpaired) electrons. The highest BCUT2D eigenvalue weighted by Crippen LogP contribution is 2.51. The van der Waals surface area contributed by atoms with Crippen LogP contribution in [-0.4, -0.2) is 15.9 Å². The number of rotatable bonds is 0. The molecule has 1 aromatic carbocycles. The van der Waals surface area contributed by atoms with E-state index in [-0.39, 0.29) is 27.7 Å². The molecule has 1 aromatic heterocycles. The van der Waals surface area contributed by atoms with Gasteiger partial charge < -0.3 is 20.8 Å². The number of nitrogens with two attached hydrogens (primary N) is 1. The van der Waals surface area contributed by atoms with Crippen LogP contribution in [0.2, 0.25) is 0 Å². The normalized spacial score (nSPS) is 20.9. The van der Waals surface area contributed by atoms with Gasteiger partial charge in [0.2, 0.25) is 17.7 Å². The number of H-pyrrole nitrogens is 2. The number of ether oxygens (including phenoxy) is 1. The van der Waals surface area contributed by atoms with Crippen LogP contribution in [0.1, 0.15) is 11.1 Å². The van der Waals surface area contributed by atoms with Crippen molar-refractivity contribution in [2.75, 3.05) is 5.32 Å². The molecule has 0 fully saturated rings. The van der Waals surface area contributed by atoms with E-state index in [0.29, 0.717) is 11.3 Å². The highest BCUT2D eigenvalue weighted by atomic mass is 32.1. The largest absolute Gasteiger partial charge is 0.424 e. The minimum atomic E-state index is -1.68. The summed E-state index contributed by atoms with van der Waals surface area (Å²) < 4.78 is 5.38. The Balaban J connectivity index is 2.24. The first kappa shape index (κ1) is 14.2. The molecular weight excluding hydrogens is 330 g/mol. The molecule has 0 unspecified atom stereocenters. The predicted molar refractivity (Wildman–Crippen MR) is 85.6 cm³/mol. The fraction of sp³-hybridized carbons (Fsp3) is 0.0667. The van der Waals surface area contributed by atoms with Crippen molar-refractivity contribution in [1.29, 1.82) is 5.26 Å². The van der Waals surface area contributed by atoms with E-state index < -0.39 is 16.9 Å². The number of nitrogens with one attached hydrogen (secondary N) is 3. The summed E-state index contributed by atoms with van der Waals surface area (Å²) in [6.07, 6.45) is 0. The Hall–Kier alpha value is -3.38. The lowest BCUT2D eigenvalue weighted by atomic mass is 9.70. The molecule has 9 heteroatoms. The van der Waals surface area contributed by atoms with E-state index in [1.807, 2.05) is 6.07 Å². The number of fused-ring (bicyclic) bond motifs is 4. The third kappa shape index (κ3) is 1.52. The number of hydrogen-bond acceptors (Lipinski definition) is 6. The first-order chi connectivity index (χ1) is 11.5. The summed E-state index contributed by atoms with van der Waals surface area (Å²) in [5.41, 5.74) is 4.31. The van der Waals surface area contributed by atoms with Crippen molar-refractivity contribution in [1.82, 2.24) is 9.97 Å². The van der Waals surface area contributed by atoms with Crippen LogP contribution in [0.15, 0.2) is 40.5 Å². The van der Waals surface area contributed by atoms with Gasteiger partial charge in [-0.2, -0.15) is 5.26 Å². The average Bonchev–Trinajstić information content (AvgIpc) is 2.80. The Morgan fingerprint density at radius 1 is 1.25 bits per heavy atom. The van der Waals surface area contributed by atoms with Gasteiger partial charge in [0.25, 0.3) is 5.56 Å². The Bertz CT molecular complexity index is 1110. The van der Waals surface area contributed by atoms with E-state index >= 15 is 0 Å². The highest BCUT2D eigenvalue weighted by Gasteiger charge is 2.58. The first-order valence-electron chi connectivity index (χ1n) is 6.86. The van der Waals surface area contributed by atoms with E-state index in [1.54, 1.807) is 24.3 Å². The second-order valence-corrected chi connectivity index (χ2v) is 5.72. The van der Waals surface area contributed by atoms with Gasteiger partial charge in [0.1, 0.15) is 17.2 Å². The van der Waals surface area contributed by atoms with Crippen LogP contribution in [0.3, 0.4) is 0 Å². The molecule has 4 rings (SSSR count). The number of nitriles is 1. The van der Waals surface area contributed by atoms with Crippen molar-refractivity contribution in [3.63, 3.8) is 0 Å². The molecule has 0 saturated heterocycles. The smallest absolute Gasteiger partial charge is 0.260 e.